The first-order valence-electron chi connectivity index (χ1n) is 18.7. The van der Waals surface area contributed by atoms with Gasteiger partial charge < -0.3 is 0 Å². The van der Waals surface area contributed by atoms with E-state index in [1.165, 1.54) is 109 Å². The third-order valence-electron chi connectivity index (χ3n) is 10.2. The van der Waals surface area contributed by atoms with Gasteiger partial charge in [0.05, 0.1) is 39.2 Å². The van der Waals surface area contributed by atoms with E-state index in [-0.39, 0.29) is 39.2 Å². The summed E-state index contributed by atoms with van der Waals surface area (Å²) in [5, 5.41) is 0.814. The number of hydrogen-bond donors (Lipinski definition) is 0. The molecule has 8 nitrogen and oxygen atoms in total. The average Bonchev–Trinajstić information content (AvgIpc) is 3.29. The van der Waals surface area contributed by atoms with Gasteiger partial charge >= 0.3 is 0 Å². The lowest BCUT2D eigenvalue weighted by Crippen LogP contribution is -2.05. The molecule has 0 atom stereocenters. The van der Waals surface area contributed by atoms with Crippen LogP contribution >= 0.6 is 23.2 Å². The van der Waals surface area contributed by atoms with Gasteiger partial charge in [-0.25, -0.2) is 33.7 Å². The molecule has 8 rings (SSSR count). The normalized spacial score (nSPS) is 12.2. The quantitative estimate of drug-likeness (QED) is 0.125. The molecule has 0 aliphatic carbocycles. The number of hydrogen-bond acceptors (Lipinski definition) is 8. The van der Waals surface area contributed by atoms with Gasteiger partial charge in [0.1, 0.15) is 0 Å². The maximum absolute atomic E-state index is 14.1. The van der Waals surface area contributed by atoms with Gasteiger partial charge in [-0.2, -0.15) is 0 Å². The highest BCUT2D eigenvalue weighted by Gasteiger charge is 2.25. The van der Waals surface area contributed by atoms with Crippen LogP contribution < -0.4 is 0 Å². The molecular formula is C48H32Cl2O8S4. The van der Waals surface area contributed by atoms with Gasteiger partial charge in [0, 0.05) is 21.2 Å². The molecule has 0 heterocycles. The SMILES string of the molecule is O=S(=O)(c1ccc(Cl)cc1)c1ccc(-c2ccccc2S(=O)(=O)c2ccc(-c3ccc(S(=O)(=O)c4ccccc4-c4ccc(S(=O)(=O)c5ccc(Cl)cc5)cc4)cc3)cc2)cc1. The van der Waals surface area contributed by atoms with Crippen LogP contribution in [-0.2, 0) is 39.3 Å². The van der Waals surface area contributed by atoms with Crippen LogP contribution in [0.1, 0.15) is 0 Å². The standard InChI is InChI=1S/C48H32Cl2O8S4/c49-37-17-29-41(30-18-37)59(51,52)39-25-13-35(14-26-39)45-5-1-3-7-47(45)61(55,56)43-21-9-33(10-22-43)34-11-23-44(24-12-34)62(57,58)48-8-4-2-6-46(48)36-15-27-40(28-16-36)60(53,54)42-31-19-38(50)20-32-42/h1-32H. The molecule has 0 amide bonds. The Morgan fingerprint density at radius 1 is 0.242 bits per heavy atom. The fraction of sp³-hybridized carbons (Fsp3) is 0. The van der Waals surface area contributed by atoms with Crippen LogP contribution in [0, 0.1) is 0 Å². The fourth-order valence-corrected chi connectivity index (χ4v) is 12.6. The van der Waals surface area contributed by atoms with Crippen LogP contribution in [0.25, 0.3) is 33.4 Å². The zero-order valence-electron chi connectivity index (χ0n) is 32.1. The van der Waals surface area contributed by atoms with Crippen molar-refractivity contribution < 1.29 is 33.7 Å². The maximum Gasteiger partial charge on any atom is 0.207 e. The first-order chi connectivity index (χ1) is 29.6. The second-order valence-corrected chi connectivity index (χ2v) is 22.6. The average molecular weight is 936 g/mol. The zero-order chi connectivity index (χ0) is 43.9. The summed E-state index contributed by atoms with van der Waals surface area (Å²) in [5.74, 6) is 0. The number of sulfone groups is 4. The first-order valence-corrected chi connectivity index (χ1v) is 25.4. The highest BCUT2D eigenvalue weighted by atomic mass is 35.5. The summed E-state index contributed by atoms with van der Waals surface area (Å²) >= 11 is 11.9. The Hall–Kier alpha value is -5.86. The van der Waals surface area contributed by atoms with Crippen molar-refractivity contribution in [3.8, 4) is 33.4 Å². The Labute approximate surface area is 370 Å². The fourth-order valence-electron chi connectivity index (χ4n) is 6.91. The van der Waals surface area contributed by atoms with Crippen LogP contribution in [0.3, 0.4) is 0 Å². The second-order valence-electron chi connectivity index (χ2n) is 14.0. The molecule has 0 aliphatic rings. The summed E-state index contributed by atoms with van der Waals surface area (Å²) in [6.45, 7) is 0. The van der Waals surface area contributed by atoms with E-state index in [9.17, 15) is 33.7 Å². The van der Waals surface area contributed by atoms with Crippen molar-refractivity contribution in [1.29, 1.82) is 0 Å². The third kappa shape index (κ3) is 8.25. The lowest BCUT2D eigenvalue weighted by Gasteiger charge is -2.13. The van der Waals surface area contributed by atoms with Crippen LogP contribution in [0.5, 0.6) is 0 Å². The van der Waals surface area contributed by atoms with Crippen LogP contribution in [0.2, 0.25) is 10.0 Å². The molecule has 310 valence electrons. The Bertz CT molecular complexity index is 3180. The van der Waals surface area contributed by atoms with Gasteiger partial charge in [-0.1, -0.05) is 108 Å². The van der Waals surface area contributed by atoms with Crippen molar-refractivity contribution in [2.45, 2.75) is 39.2 Å². The van der Waals surface area contributed by atoms with Crippen LogP contribution in [0.15, 0.2) is 233 Å². The highest BCUT2D eigenvalue weighted by Crippen LogP contribution is 2.36. The topological polar surface area (TPSA) is 137 Å². The Morgan fingerprint density at radius 2 is 0.468 bits per heavy atom. The lowest BCUT2D eigenvalue weighted by atomic mass is 10.1. The maximum atomic E-state index is 14.1. The molecular weight excluding hydrogens is 904 g/mol. The van der Waals surface area contributed by atoms with Gasteiger partial charge in [-0.05, 0) is 131 Å². The molecule has 0 fully saturated rings. The Morgan fingerprint density at radius 3 is 0.758 bits per heavy atom. The monoisotopic (exact) mass is 934 g/mol. The predicted octanol–water partition coefficient (Wildman–Crippen LogP) is 11.3. The Balaban J connectivity index is 1.02. The van der Waals surface area contributed by atoms with E-state index < -0.39 is 39.3 Å². The molecule has 8 aromatic rings. The highest BCUT2D eigenvalue weighted by molar-refractivity contribution is 7.92. The van der Waals surface area contributed by atoms with E-state index >= 15 is 0 Å². The van der Waals surface area contributed by atoms with E-state index in [1.807, 2.05) is 0 Å². The summed E-state index contributed by atoms with van der Waals surface area (Å²) in [6.07, 6.45) is 0. The second kappa shape index (κ2) is 16.8. The minimum Gasteiger partial charge on any atom is -0.219 e. The predicted molar refractivity (Wildman–Crippen MR) is 240 cm³/mol. The zero-order valence-corrected chi connectivity index (χ0v) is 36.9. The number of rotatable bonds is 11. The van der Waals surface area contributed by atoms with Crippen molar-refractivity contribution in [3.63, 3.8) is 0 Å². The molecule has 14 heteroatoms. The smallest absolute Gasteiger partial charge is 0.207 e. The van der Waals surface area contributed by atoms with Crippen molar-refractivity contribution in [1.82, 2.24) is 0 Å². The molecule has 0 saturated carbocycles. The molecule has 0 bridgehead atoms. The van der Waals surface area contributed by atoms with Gasteiger partial charge in [0.15, 0.2) is 0 Å². The van der Waals surface area contributed by atoms with Crippen molar-refractivity contribution in [2.24, 2.45) is 0 Å². The molecule has 0 spiro atoms. The van der Waals surface area contributed by atoms with E-state index in [0.29, 0.717) is 43.4 Å². The van der Waals surface area contributed by atoms with Crippen molar-refractivity contribution in [3.05, 3.63) is 204 Å². The molecule has 0 N–H and O–H groups in total. The lowest BCUT2D eigenvalue weighted by molar-refractivity contribution is 0.594. The van der Waals surface area contributed by atoms with Gasteiger partial charge in [0.25, 0.3) is 0 Å². The van der Waals surface area contributed by atoms with Gasteiger partial charge in [-0.15, -0.1) is 0 Å². The van der Waals surface area contributed by atoms with E-state index in [2.05, 4.69) is 0 Å². The molecule has 0 radical (unpaired) electrons. The summed E-state index contributed by atoms with van der Waals surface area (Å²) in [5.41, 5.74) is 3.09. The van der Waals surface area contributed by atoms with Crippen molar-refractivity contribution >= 4 is 62.6 Å². The number of benzene rings is 8. The van der Waals surface area contributed by atoms with Gasteiger partial charge in [0.2, 0.25) is 39.3 Å². The van der Waals surface area contributed by atoms with E-state index in [1.54, 1.807) is 84.9 Å². The summed E-state index contributed by atoms with van der Waals surface area (Å²) < 4.78 is 109. The minimum absolute atomic E-state index is 0.0297. The molecule has 0 aromatic heterocycles. The molecule has 62 heavy (non-hydrogen) atoms. The molecule has 8 aromatic carbocycles. The largest absolute Gasteiger partial charge is 0.219 e. The van der Waals surface area contributed by atoms with E-state index in [0.717, 1.165) is 0 Å². The number of halogens is 2. The van der Waals surface area contributed by atoms with Gasteiger partial charge in [-0.3, -0.25) is 0 Å². The summed E-state index contributed by atoms with van der Waals surface area (Å²) in [6, 6.07) is 49.1. The molecule has 0 unspecified atom stereocenters. The molecule has 0 aliphatic heterocycles. The Kier molecular flexibility index (Phi) is 11.6. The van der Waals surface area contributed by atoms with Crippen molar-refractivity contribution in [2.75, 3.05) is 0 Å². The summed E-state index contributed by atoms with van der Waals surface area (Å²) in [7, 11) is -15.8. The van der Waals surface area contributed by atoms with Crippen LogP contribution in [0.4, 0.5) is 0 Å². The van der Waals surface area contributed by atoms with Crippen LogP contribution in [-0.4, -0.2) is 33.7 Å². The summed E-state index contributed by atoms with van der Waals surface area (Å²) in [4.78, 5) is 0.384. The third-order valence-corrected chi connectivity index (χ3v) is 17.9. The minimum atomic E-state index is -4.05. The first kappa shape index (κ1) is 42.8. The molecule has 0 saturated heterocycles. The van der Waals surface area contributed by atoms with E-state index in [4.69, 9.17) is 23.2 Å².